The Labute approximate surface area is 161 Å². The fourth-order valence-corrected chi connectivity index (χ4v) is 4.90. The molecule has 0 aromatic carbocycles. The van der Waals surface area contributed by atoms with Gasteiger partial charge < -0.3 is 9.80 Å². The molecular formula is C21H32N4O2. The van der Waals surface area contributed by atoms with Gasteiger partial charge in [0.05, 0.1) is 5.69 Å². The number of rotatable bonds is 4. The summed E-state index contributed by atoms with van der Waals surface area (Å²) in [6.07, 6.45) is 9.46. The number of aromatic nitrogens is 2. The highest BCUT2D eigenvalue weighted by atomic mass is 16.2. The first-order valence-corrected chi connectivity index (χ1v) is 10.7. The minimum atomic E-state index is 0.0698. The molecule has 1 aromatic heterocycles. The minimum absolute atomic E-state index is 0.0698. The predicted molar refractivity (Wildman–Crippen MR) is 105 cm³/mol. The van der Waals surface area contributed by atoms with Crippen LogP contribution < -0.4 is 5.56 Å². The van der Waals surface area contributed by atoms with Gasteiger partial charge in [-0.15, -0.1) is 0 Å². The monoisotopic (exact) mass is 372 g/mol. The molecular weight excluding hydrogens is 340 g/mol. The van der Waals surface area contributed by atoms with Crippen molar-refractivity contribution < 1.29 is 4.79 Å². The maximum atomic E-state index is 12.4. The second-order valence-corrected chi connectivity index (χ2v) is 8.64. The summed E-state index contributed by atoms with van der Waals surface area (Å²) in [5, 5.41) is 4.68. The van der Waals surface area contributed by atoms with Crippen molar-refractivity contribution >= 4 is 5.91 Å². The van der Waals surface area contributed by atoms with Crippen LogP contribution in [0.25, 0.3) is 0 Å². The zero-order chi connectivity index (χ0) is 18.8. The molecule has 2 fully saturated rings. The summed E-state index contributed by atoms with van der Waals surface area (Å²) in [5.74, 6) is 0.817. The van der Waals surface area contributed by atoms with E-state index in [9.17, 15) is 9.59 Å². The summed E-state index contributed by atoms with van der Waals surface area (Å²) >= 11 is 0. The molecule has 2 saturated heterocycles. The lowest BCUT2D eigenvalue weighted by molar-refractivity contribution is -0.135. The van der Waals surface area contributed by atoms with Crippen LogP contribution >= 0.6 is 0 Å². The molecule has 3 heterocycles. The van der Waals surface area contributed by atoms with E-state index >= 15 is 0 Å². The molecule has 3 aliphatic rings. The molecule has 1 atom stereocenters. The van der Waals surface area contributed by atoms with E-state index < -0.39 is 0 Å². The van der Waals surface area contributed by atoms with Crippen LogP contribution in [0.3, 0.4) is 0 Å². The Morgan fingerprint density at radius 1 is 1.00 bits per heavy atom. The number of nitrogens with zero attached hydrogens (tertiary/aromatic N) is 4. The van der Waals surface area contributed by atoms with Gasteiger partial charge in [0.15, 0.2) is 0 Å². The lowest BCUT2D eigenvalue weighted by Gasteiger charge is -2.39. The number of carbonyl (C=O) groups is 1. The van der Waals surface area contributed by atoms with Gasteiger partial charge in [0.1, 0.15) is 0 Å². The van der Waals surface area contributed by atoms with Crippen LogP contribution in [0.5, 0.6) is 0 Å². The van der Waals surface area contributed by atoms with Crippen LogP contribution in [0.2, 0.25) is 0 Å². The average Bonchev–Trinajstić information content (AvgIpc) is 2.67. The molecule has 1 aromatic rings. The molecule has 1 aliphatic carbocycles. The second-order valence-electron chi connectivity index (χ2n) is 8.64. The van der Waals surface area contributed by atoms with Gasteiger partial charge in [0.2, 0.25) is 5.91 Å². The van der Waals surface area contributed by atoms with Crippen LogP contribution in [0.15, 0.2) is 10.9 Å². The largest absolute Gasteiger partial charge is 0.341 e. The Kier molecular flexibility index (Phi) is 5.62. The van der Waals surface area contributed by atoms with E-state index in [2.05, 4.69) is 10.00 Å². The molecule has 148 valence electrons. The summed E-state index contributed by atoms with van der Waals surface area (Å²) in [6, 6.07) is 2.19. The van der Waals surface area contributed by atoms with Crippen LogP contribution in [0.1, 0.15) is 56.2 Å². The van der Waals surface area contributed by atoms with E-state index in [0.29, 0.717) is 24.3 Å². The van der Waals surface area contributed by atoms with Gasteiger partial charge in [0, 0.05) is 38.7 Å². The fraction of sp³-hybridized carbons (Fsp3) is 0.762. The first-order valence-electron chi connectivity index (χ1n) is 10.7. The number of likely N-dealkylation sites (tertiary alicyclic amines) is 2. The van der Waals surface area contributed by atoms with Crippen molar-refractivity contribution in [2.75, 3.05) is 26.7 Å². The number of likely N-dealkylation sites (N-methyl/N-ethyl adjacent to an activating group) is 1. The lowest BCUT2D eigenvalue weighted by Crippen LogP contribution is -2.49. The van der Waals surface area contributed by atoms with Gasteiger partial charge in [-0.1, -0.05) is 0 Å². The standard InChI is InChI=1S/C21H32N4O2/c1-23-18(6-4-8-20(23)26)15-24-11-9-16(10-12-24)14-25-21(27)13-17-5-2-3-7-19(17)22-25/h13,16,18H,2-12,14-15H2,1H3. The smallest absolute Gasteiger partial charge is 0.267 e. The van der Waals surface area contributed by atoms with E-state index in [1.807, 2.05) is 18.0 Å². The van der Waals surface area contributed by atoms with E-state index in [1.54, 1.807) is 4.68 Å². The Morgan fingerprint density at radius 3 is 2.59 bits per heavy atom. The summed E-state index contributed by atoms with van der Waals surface area (Å²) in [5.41, 5.74) is 2.38. The summed E-state index contributed by atoms with van der Waals surface area (Å²) in [4.78, 5) is 28.8. The van der Waals surface area contributed by atoms with Crippen molar-refractivity contribution in [1.82, 2.24) is 19.6 Å². The second kappa shape index (κ2) is 8.13. The van der Waals surface area contributed by atoms with Gasteiger partial charge in [-0.05, 0) is 75.9 Å². The highest BCUT2D eigenvalue weighted by Gasteiger charge is 2.28. The number of hydrogen-bond donors (Lipinski definition) is 0. The Bertz CT molecular complexity index is 736. The molecule has 1 amide bonds. The van der Waals surface area contributed by atoms with E-state index in [1.165, 1.54) is 18.4 Å². The highest BCUT2D eigenvalue weighted by Crippen LogP contribution is 2.23. The van der Waals surface area contributed by atoms with Crippen molar-refractivity contribution in [2.24, 2.45) is 5.92 Å². The molecule has 6 nitrogen and oxygen atoms in total. The van der Waals surface area contributed by atoms with Gasteiger partial charge in [-0.2, -0.15) is 5.10 Å². The average molecular weight is 373 g/mol. The highest BCUT2D eigenvalue weighted by molar-refractivity contribution is 5.76. The normalized spacial score (nSPS) is 24.9. The molecule has 0 spiro atoms. The van der Waals surface area contributed by atoms with Crippen LogP contribution in [0, 0.1) is 5.92 Å². The third kappa shape index (κ3) is 4.26. The quantitative estimate of drug-likeness (QED) is 0.809. The van der Waals surface area contributed by atoms with Gasteiger partial charge in [-0.3, -0.25) is 9.59 Å². The van der Waals surface area contributed by atoms with Crippen LogP contribution in [-0.2, 0) is 24.2 Å². The minimum Gasteiger partial charge on any atom is -0.341 e. The molecule has 0 saturated carbocycles. The zero-order valence-corrected chi connectivity index (χ0v) is 16.5. The molecule has 1 unspecified atom stereocenters. The number of aryl methyl sites for hydroxylation is 2. The third-order valence-corrected chi connectivity index (χ3v) is 6.75. The number of amides is 1. The van der Waals surface area contributed by atoms with E-state index in [4.69, 9.17) is 0 Å². The van der Waals surface area contributed by atoms with Crippen LogP contribution in [-0.4, -0.2) is 58.2 Å². The zero-order valence-electron chi connectivity index (χ0n) is 16.5. The van der Waals surface area contributed by atoms with Gasteiger partial charge in [-0.25, -0.2) is 4.68 Å². The fourth-order valence-electron chi connectivity index (χ4n) is 4.90. The predicted octanol–water partition coefficient (Wildman–Crippen LogP) is 1.84. The first-order chi connectivity index (χ1) is 13.1. The molecule has 0 N–H and O–H groups in total. The van der Waals surface area contributed by atoms with Crippen molar-refractivity contribution in [2.45, 2.75) is 70.4 Å². The molecule has 4 rings (SSSR count). The summed E-state index contributed by atoms with van der Waals surface area (Å²) in [6.45, 7) is 3.86. The SMILES string of the molecule is CN1C(=O)CCCC1CN1CCC(Cn2nc3c(cc2=O)CCCC3)CC1. The number of piperidine rings is 2. The first kappa shape index (κ1) is 18.7. The summed E-state index contributed by atoms with van der Waals surface area (Å²) < 4.78 is 1.72. The van der Waals surface area contributed by atoms with Crippen molar-refractivity contribution in [3.63, 3.8) is 0 Å². The number of fused-ring (bicyclic) bond motifs is 1. The Morgan fingerprint density at radius 2 is 1.78 bits per heavy atom. The summed E-state index contributed by atoms with van der Waals surface area (Å²) in [7, 11) is 1.95. The molecule has 27 heavy (non-hydrogen) atoms. The molecule has 2 aliphatic heterocycles. The molecule has 0 bridgehead atoms. The van der Waals surface area contributed by atoms with E-state index in [0.717, 1.165) is 70.4 Å². The Balaban J connectivity index is 1.31. The topological polar surface area (TPSA) is 58.4 Å². The number of carbonyl (C=O) groups excluding carboxylic acids is 1. The van der Waals surface area contributed by atoms with Crippen LogP contribution in [0.4, 0.5) is 0 Å². The van der Waals surface area contributed by atoms with Crippen molar-refractivity contribution in [3.8, 4) is 0 Å². The van der Waals surface area contributed by atoms with Crippen molar-refractivity contribution in [1.29, 1.82) is 0 Å². The van der Waals surface area contributed by atoms with Gasteiger partial charge >= 0.3 is 0 Å². The maximum absolute atomic E-state index is 12.4. The van der Waals surface area contributed by atoms with E-state index in [-0.39, 0.29) is 5.56 Å². The molecule has 6 heteroatoms. The third-order valence-electron chi connectivity index (χ3n) is 6.75. The maximum Gasteiger partial charge on any atom is 0.267 e. The Hall–Kier alpha value is -1.69. The molecule has 0 radical (unpaired) electrons. The van der Waals surface area contributed by atoms with Gasteiger partial charge in [0.25, 0.3) is 5.56 Å². The lowest BCUT2D eigenvalue weighted by atomic mass is 9.95. The van der Waals surface area contributed by atoms with Crippen molar-refractivity contribution in [3.05, 3.63) is 27.7 Å². The number of hydrogen-bond acceptors (Lipinski definition) is 4.